The Hall–Kier alpha value is -1.96. The first-order valence-corrected chi connectivity index (χ1v) is 5.64. The predicted molar refractivity (Wildman–Crippen MR) is 64.6 cm³/mol. The molecule has 8 heteroatoms. The van der Waals surface area contributed by atoms with Crippen LogP contribution in [0.3, 0.4) is 0 Å². The lowest BCUT2D eigenvalue weighted by molar-refractivity contribution is -0.386. The van der Waals surface area contributed by atoms with E-state index in [2.05, 4.69) is 10.5 Å². The summed E-state index contributed by atoms with van der Waals surface area (Å²) in [6, 6.07) is -0.618. The van der Waals surface area contributed by atoms with Crippen molar-refractivity contribution in [3.8, 4) is 0 Å². The molecule has 1 unspecified atom stereocenters. The number of carbonyl (C=O) groups is 1. The van der Waals surface area contributed by atoms with Crippen molar-refractivity contribution in [3.63, 3.8) is 0 Å². The van der Waals surface area contributed by atoms with Crippen molar-refractivity contribution in [2.75, 3.05) is 0 Å². The Morgan fingerprint density at radius 2 is 2.22 bits per heavy atom. The van der Waals surface area contributed by atoms with Gasteiger partial charge in [0.25, 0.3) is 5.91 Å². The van der Waals surface area contributed by atoms with E-state index in [0.29, 0.717) is 17.8 Å². The molecule has 0 saturated heterocycles. The molecule has 1 atom stereocenters. The van der Waals surface area contributed by atoms with E-state index < -0.39 is 16.9 Å². The van der Waals surface area contributed by atoms with Gasteiger partial charge in [-0.15, -0.1) is 0 Å². The predicted octanol–water partition coefficient (Wildman–Crippen LogP) is 0.739. The summed E-state index contributed by atoms with van der Waals surface area (Å²) in [6.45, 7) is 5.03. The lowest BCUT2D eigenvalue weighted by atomic mass is 10.1. The molecule has 0 fully saturated rings. The number of nitrogens with two attached hydrogens (primary N) is 1. The maximum absolute atomic E-state index is 11.7. The summed E-state index contributed by atoms with van der Waals surface area (Å²) in [5.41, 5.74) is 2.66. The average molecular weight is 255 g/mol. The number of nitrogens with one attached hydrogen (secondary N) is 1. The zero-order valence-electron chi connectivity index (χ0n) is 10.6. The van der Waals surface area contributed by atoms with E-state index in [9.17, 15) is 14.9 Å². The quantitative estimate of drug-likeness (QED) is 0.348. The molecule has 1 aromatic heterocycles. The summed E-state index contributed by atoms with van der Waals surface area (Å²) >= 11 is 0. The topological polar surface area (TPSA) is 116 Å². The highest BCUT2D eigenvalue weighted by Gasteiger charge is 2.28. The van der Waals surface area contributed by atoms with Crippen LogP contribution in [0.15, 0.2) is 0 Å². The van der Waals surface area contributed by atoms with Crippen molar-refractivity contribution in [3.05, 3.63) is 21.5 Å². The Morgan fingerprint density at radius 1 is 1.61 bits per heavy atom. The smallest absolute Gasteiger partial charge is 0.292 e. The van der Waals surface area contributed by atoms with E-state index in [1.165, 1.54) is 4.68 Å². The second-order valence-electron chi connectivity index (χ2n) is 4.03. The van der Waals surface area contributed by atoms with E-state index in [0.717, 1.165) is 6.42 Å². The standard InChI is InChI=1S/C10H17N5O3/c1-4-5-8(10(16)12-11)14-7(3)9(15(17)18)6(2)13-14/h8H,4-5,11H2,1-3H3,(H,12,16). The van der Waals surface area contributed by atoms with Crippen molar-refractivity contribution in [2.45, 2.75) is 39.7 Å². The maximum atomic E-state index is 11.7. The average Bonchev–Trinajstić information content (AvgIpc) is 2.60. The van der Waals surface area contributed by atoms with Crippen molar-refractivity contribution >= 4 is 11.6 Å². The lowest BCUT2D eigenvalue weighted by Crippen LogP contribution is -2.37. The van der Waals surface area contributed by atoms with Crippen LogP contribution in [0.4, 0.5) is 5.69 Å². The van der Waals surface area contributed by atoms with Crippen LogP contribution in [-0.4, -0.2) is 20.6 Å². The van der Waals surface area contributed by atoms with E-state index in [1.807, 2.05) is 6.92 Å². The molecule has 1 heterocycles. The van der Waals surface area contributed by atoms with Gasteiger partial charge < -0.3 is 0 Å². The number of rotatable bonds is 5. The SMILES string of the molecule is CCCC(C(=O)NN)n1nc(C)c([N+](=O)[O-])c1C. The molecule has 8 nitrogen and oxygen atoms in total. The highest BCUT2D eigenvalue weighted by atomic mass is 16.6. The van der Waals surface area contributed by atoms with Gasteiger partial charge in [0.15, 0.2) is 0 Å². The van der Waals surface area contributed by atoms with Gasteiger partial charge in [0, 0.05) is 0 Å². The van der Waals surface area contributed by atoms with Crippen LogP contribution < -0.4 is 11.3 Å². The normalized spacial score (nSPS) is 12.2. The number of nitro groups is 1. The van der Waals surface area contributed by atoms with Crippen LogP contribution in [0.1, 0.15) is 37.2 Å². The molecular weight excluding hydrogens is 238 g/mol. The molecule has 0 bridgehead atoms. The third-order valence-electron chi connectivity index (χ3n) is 2.77. The third kappa shape index (κ3) is 2.48. The number of aryl methyl sites for hydroxylation is 1. The second-order valence-corrected chi connectivity index (χ2v) is 4.03. The maximum Gasteiger partial charge on any atom is 0.312 e. The molecule has 0 aliphatic heterocycles. The zero-order chi connectivity index (χ0) is 13.9. The fourth-order valence-electron chi connectivity index (χ4n) is 1.96. The van der Waals surface area contributed by atoms with E-state index in [1.54, 1.807) is 13.8 Å². The number of nitrogens with zero attached hydrogens (tertiary/aromatic N) is 3. The van der Waals surface area contributed by atoms with Gasteiger partial charge in [0.2, 0.25) is 0 Å². The lowest BCUT2D eigenvalue weighted by Gasteiger charge is -2.16. The van der Waals surface area contributed by atoms with Crippen LogP contribution in [0, 0.1) is 24.0 Å². The molecule has 0 spiro atoms. The van der Waals surface area contributed by atoms with Crippen LogP contribution in [0.2, 0.25) is 0 Å². The van der Waals surface area contributed by atoms with Crippen molar-refractivity contribution in [1.29, 1.82) is 0 Å². The summed E-state index contributed by atoms with van der Waals surface area (Å²) in [7, 11) is 0. The first kappa shape index (κ1) is 14.1. The Bertz CT molecular complexity index is 468. The second kappa shape index (κ2) is 5.58. The minimum absolute atomic E-state index is 0.0547. The minimum Gasteiger partial charge on any atom is -0.292 e. The molecule has 0 aromatic carbocycles. The summed E-state index contributed by atoms with van der Waals surface area (Å²) < 4.78 is 1.37. The Kier molecular flexibility index (Phi) is 4.38. The number of hydrogen-bond donors (Lipinski definition) is 2. The molecular formula is C10H17N5O3. The fourth-order valence-corrected chi connectivity index (χ4v) is 1.96. The van der Waals surface area contributed by atoms with Crippen LogP contribution in [0.25, 0.3) is 0 Å². The summed E-state index contributed by atoms with van der Waals surface area (Å²) in [4.78, 5) is 22.1. The fraction of sp³-hybridized carbons (Fsp3) is 0.600. The molecule has 0 aliphatic carbocycles. The van der Waals surface area contributed by atoms with Gasteiger partial charge in [-0.2, -0.15) is 5.10 Å². The number of hydrogen-bond acceptors (Lipinski definition) is 5. The van der Waals surface area contributed by atoms with Gasteiger partial charge in [-0.3, -0.25) is 20.3 Å². The van der Waals surface area contributed by atoms with Crippen LogP contribution >= 0.6 is 0 Å². The van der Waals surface area contributed by atoms with Gasteiger partial charge >= 0.3 is 5.69 Å². The molecule has 0 saturated carbocycles. The molecule has 3 N–H and O–H groups in total. The number of carbonyl (C=O) groups excluding carboxylic acids is 1. The third-order valence-corrected chi connectivity index (χ3v) is 2.77. The van der Waals surface area contributed by atoms with E-state index in [4.69, 9.17) is 5.84 Å². The van der Waals surface area contributed by atoms with Crippen LogP contribution in [-0.2, 0) is 4.79 Å². The van der Waals surface area contributed by atoms with Crippen molar-refractivity contribution < 1.29 is 9.72 Å². The largest absolute Gasteiger partial charge is 0.312 e. The molecule has 1 aromatic rings. The Morgan fingerprint density at radius 3 is 2.61 bits per heavy atom. The minimum atomic E-state index is -0.618. The number of amides is 1. The highest BCUT2D eigenvalue weighted by molar-refractivity contribution is 5.79. The van der Waals surface area contributed by atoms with Crippen molar-refractivity contribution in [2.24, 2.45) is 5.84 Å². The molecule has 18 heavy (non-hydrogen) atoms. The summed E-state index contributed by atoms with van der Waals surface area (Å²) in [5, 5.41) is 15.0. The van der Waals surface area contributed by atoms with Crippen molar-refractivity contribution in [1.82, 2.24) is 15.2 Å². The number of aromatic nitrogens is 2. The van der Waals surface area contributed by atoms with Gasteiger partial charge in [0.05, 0.1) is 4.92 Å². The Balaban J connectivity index is 3.25. The van der Waals surface area contributed by atoms with Gasteiger partial charge in [0.1, 0.15) is 17.4 Å². The summed E-state index contributed by atoms with van der Waals surface area (Å²) in [6.07, 6.45) is 1.26. The Labute approximate surface area is 104 Å². The zero-order valence-corrected chi connectivity index (χ0v) is 10.6. The van der Waals surface area contributed by atoms with Crippen LogP contribution in [0.5, 0.6) is 0 Å². The van der Waals surface area contributed by atoms with Gasteiger partial charge in [-0.05, 0) is 20.3 Å². The van der Waals surface area contributed by atoms with Gasteiger partial charge in [-0.25, -0.2) is 10.5 Å². The van der Waals surface area contributed by atoms with E-state index >= 15 is 0 Å². The van der Waals surface area contributed by atoms with Gasteiger partial charge in [-0.1, -0.05) is 13.3 Å². The first-order chi connectivity index (χ1) is 8.43. The highest BCUT2D eigenvalue weighted by Crippen LogP contribution is 2.26. The first-order valence-electron chi connectivity index (χ1n) is 5.64. The molecule has 0 radical (unpaired) electrons. The molecule has 100 valence electrons. The molecule has 1 amide bonds. The molecule has 1 rings (SSSR count). The molecule has 0 aliphatic rings. The summed E-state index contributed by atoms with van der Waals surface area (Å²) in [5.74, 6) is 4.72. The van der Waals surface area contributed by atoms with E-state index in [-0.39, 0.29) is 5.69 Å². The monoisotopic (exact) mass is 255 g/mol. The number of hydrazine groups is 1.